The van der Waals surface area contributed by atoms with Crippen LogP contribution in [0.5, 0.6) is 0 Å². The van der Waals surface area contributed by atoms with Crippen molar-refractivity contribution in [1.82, 2.24) is 9.80 Å². The molecule has 0 aliphatic carbocycles. The molecule has 1 rings (SSSR count). The molecule has 0 unspecified atom stereocenters. The summed E-state index contributed by atoms with van der Waals surface area (Å²) in [6.45, 7) is 10.3. The summed E-state index contributed by atoms with van der Waals surface area (Å²) in [6, 6.07) is 0. The Morgan fingerprint density at radius 2 is 1.93 bits per heavy atom. The van der Waals surface area contributed by atoms with Crippen molar-refractivity contribution in [2.24, 2.45) is 0 Å². The van der Waals surface area contributed by atoms with Gasteiger partial charge in [0.2, 0.25) is 0 Å². The molecular weight excluding hydrogens is 192 g/mol. The van der Waals surface area contributed by atoms with Crippen LogP contribution >= 0.6 is 0 Å². The minimum Gasteiger partial charge on any atom is -0.395 e. The topological polar surface area (TPSA) is 35.9 Å². The largest absolute Gasteiger partial charge is 0.395 e. The van der Waals surface area contributed by atoms with E-state index in [1.807, 2.05) is 0 Å². The Morgan fingerprint density at radius 3 is 2.53 bits per heavy atom. The number of nitrogens with zero attached hydrogens (tertiary/aromatic N) is 2. The molecule has 0 aromatic carbocycles. The maximum absolute atomic E-state index is 8.93. The molecule has 1 aliphatic rings. The van der Waals surface area contributed by atoms with E-state index in [9.17, 15) is 0 Å². The van der Waals surface area contributed by atoms with E-state index in [-0.39, 0.29) is 6.61 Å². The number of morpholine rings is 1. The normalized spacial score (nSPS) is 18.6. The smallest absolute Gasteiger partial charge is 0.0594 e. The maximum atomic E-state index is 8.93. The zero-order valence-corrected chi connectivity index (χ0v) is 9.82. The van der Waals surface area contributed by atoms with Gasteiger partial charge in [-0.05, 0) is 13.0 Å². The van der Waals surface area contributed by atoms with Crippen molar-refractivity contribution in [2.75, 3.05) is 59.1 Å². The summed E-state index contributed by atoms with van der Waals surface area (Å²) in [4.78, 5) is 4.76. The van der Waals surface area contributed by atoms with Crippen molar-refractivity contribution >= 4 is 0 Å². The molecule has 0 spiro atoms. The van der Waals surface area contributed by atoms with Crippen LogP contribution in [-0.2, 0) is 4.74 Å². The molecule has 0 amide bonds. The average molecular weight is 216 g/mol. The summed E-state index contributed by atoms with van der Waals surface area (Å²) in [7, 11) is 0. The Morgan fingerprint density at radius 1 is 1.20 bits per heavy atom. The van der Waals surface area contributed by atoms with Gasteiger partial charge in [-0.25, -0.2) is 0 Å². The van der Waals surface area contributed by atoms with E-state index in [2.05, 4.69) is 16.7 Å². The number of aliphatic hydroxyl groups excluding tert-OH is 1. The lowest BCUT2D eigenvalue weighted by molar-refractivity contribution is 0.0325. The first kappa shape index (κ1) is 12.9. The standard InChI is InChI=1S/C11H24N2O2/c1-2-3-12(6-9-14)4-5-13-7-10-15-11-8-13/h14H,2-11H2,1H3. The summed E-state index contributed by atoms with van der Waals surface area (Å²) < 4.78 is 5.31. The number of hydrogen-bond acceptors (Lipinski definition) is 4. The molecule has 15 heavy (non-hydrogen) atoms. The molecule has 4 heteroatoms. The quantitative estimate of drug-likeness (QED) is 0.651. The predicted octanol–water partition coefficient (Wildman–Crippen LogP) is 0.0229. The van der Waals surface area contributed by atoms with Gasteiger partial charge < -0.3 is 9.84 Å². The number of hydrogen-bond donors (Lipinski definition) is 1. The molecule has 0 bridgehead atoms. The van der Waals surface area contributed by atoms with Gasteiger partial charge in [-0.2, -0.15) is 0 Å². The second kappa shape index (κ2) is 8.05. The molecule has 4 nitrogen and oxygen atoms in total. The molecule has 0 atom stereocenters. The summed E-state index contributed by atoms with van der Waals surface area (Å²) in [6.07, 6.45) is 1.16. The Balaban J connectivity index is 2.13. The van der Waals surface area contributed by atoms with Gasteiger partial charge in [-0.1, -0.05) is 6.92 Å². The predicted molar refractivity (Wildman–Crippen MR) is 61.1 cm³/mol. The second-order valence-corrected chi connectivity index (χ2v) is 4.02. The Labute approximate surface area is 92.8 Å². The van der Waals surface area contributed by atoms with Crippen molar-refractivity contribution in [2.45, 2.75) is 13.3 Å². The molecule has 90 valence electrons. The van der Waals surface area contributed by atoms with Crippen LogP contribution in [0.2, 0.25) is 0 Å². The van der Waals surface area contributed by atoms with E-state index in [4.69, 9.17) is 9.84 Å². The first-order valence-corrected chi connectivity index (χ1v) is 6.00. The SMILES string of the molecule is CCCN(CCO)CCN1CCOCC1. The van der Waals surface area contributed by atoms with E-state index in [1.165, 1.54) is 0 Å². The zero-order chi connectivity index (χ0) is 10.9. The van der Waals surface area contributed by atoms with Gasteiger partial charge in [0.15, 0.2) is 0 Å². The lowest BCUT2D eigenvalue weighted by atomic mass is 10.3. The van der Waals surface area contributed by atoms with E-state index < -0.39 is 0 Å². The van der Waals surface area contributed by atoms with Crippen molar-refractivity contribution in [3.05, 3.63) is 0 Å². The van der Waals surface area contributed by atoms with Gasteiger partial charge in [0.05, 0.1) is 19.8 Å². The van der Waals surface area contributed by atoms with Crippen LogP contribution in [0.4, 0.5) is 0 Å². The van der Waals surface area contributed by atoms with Crippen molar-refractivity contribution in [3.8, 4) is 0 Å². The van der Waals surface area contributed by atoms with Crippen LogP contribution in [0.1, 0.15) is 13.3 Å². The van der Waals surface area contributed by atoms with E-state index in [0.29, 0.717) is 0 Å². The number of rotatable bonds is 7. The highest BCUT2D eigenvalue weighted by Gasteiger charge is 2.11. The number of ether oxygens (including phenoxy) is 1. The molecule has 1 saturated heterocycles. The highest BCUT2D eigenvalue weighted by atomic mass is 16.5. The molecule has 0 aromatic heterocycles. The minimum absolute atomic E-state index is 0.267. The summed E-state index contributed by atoms with van der Waals surface area (Å²) in [5.41, 5.74) is 0. The zero-order valence-electron chi connectivity index (χ0n) is 9.82. The molecule has 1 heterocycles. The summed E-state index contributed by atoms with van der Waals surface area (Å²) in [5, 5.41) is 8.93. The summed E-state index contributed by atoms with van der Waals surface area (Å²) in [5.74, 6) is 0. The van der Waals surface area contributed by atoms with Gasteiger partial charge in [0.25, 0.3) is 0 Å². The van der Waals surface area contributed by atoms with E-state index in [1.54, 1.807) is 0 Å². The molecule has 0 saturated carbocycles. The van der Waals surface area contributed by atoms with E-state index >= 15 is 0 Å². The fraction of sp³-hybridized carbons (Fsp3) is 1.00. The fourth-order valence-electron chi connectivity index (χ4n) is 1.90. The van der Waals surface area contributed by atoms with Crippen molar-refractivity contribution < 1.29 is 9.84 Å². The average Bonchev–Trinajstić information content (AvgIpc) is 2.28. The van der Waals surface area contributed by atoms with Crippen molar-refractivity contribution in [1.29, 1.82) is 0 Å². The molecule has 1 aliphatic heterocycles. The lowest BCUT2D eigenvalue weighted by Crippen LogP contribution is -2.42. The van der Waals surface area contributed by atoms with Gasteiger partial charge >= 0.3 is 0 Å². The number of aliphatic hydroxyl groups is 1. The van der Waals surface area contributed by atoms with Gasteiger partial charge in [0, 0.05) is 32.7 Å². The molecule has 0 aromatic rings. The van der Waals surface area contributed by atoms with Crippen molar-refractivity contribution in [3.63, 3.8) is 0 Å². The third-order valence-corrected chi connectivity index (χ3v) is 2.79. The molecular formula is C11H24N2O2. The first-order chi connectivity index (χ1) is 7.36. The Hall–Kier alpha value is -0.160. The monoisotopic (exact) mass is 216 g/mol. The van der Waals surface area contributed by atoms with Gasteiger partial charge in [0.1, 0.15) is 0 Å². The Kier molecular flexibility index (Phi) is 6.92. The molecule has 1 fully saturated rings. The highest BCUT2D eigenvalue weighted by molar-refractivity contribution is 4.65. The van der Waals surface area contributed by atoms with Gasteiger partial charge in [-0.15, -0.1) is 0 Å². The third-order valence-electron chi connectivity index (χ3n) is 2.79. The van der Waals surface area contributed by atoms with Crippen LogP contribution in [0, 0.1) is 0 Å². The lowest BCUT2D eigenvalue weighted by Gasteiger charge is -2.29. The highest BCUT2D eigenvalue weighted by Crippen LogP contribution is 1.98. The van der Waals surface area contributed by atoms with Crippen LogP contribution in [0.3, 0.4) is 0 Å². The van der Waals surface area contributed by atoms with Gasteiger partial charge in [-0.3, -0.25) is 9.80 Å². The Bertz CT molecular complexity index is 144. The fourth-order valence-corrected chi connectivity index (χ4v) is 1.90. The van der Waals surface area contributed by atoms with Crippen LogP contribution < -0.4 is 0 Å². The van der Waals surface area contributed by atoms with Crippen LogP contribution in [0.25, 0.3) is 0 Å². The van der Waals surface area contributed by atoms with Crippen LogP contribution in [-0.4, -0.2) is 74.0 Å². The van der Waals surface area contributed by atoms with E-state index in [0.717, 1.165) is 58.9 Å². The third kappa shape index (κ3) is 5.47. The minimum atomic E-state index is 0.267. The molecule has 0 radical (unpaired) electrons. The molecule has 1 N–H and O–H groups in total. The first-order valence-electron chi connectivity index (χ1n) is 6.00. The summed E-state index contributed by atoms with van der Waals surface area (Å²) >= 11 is 0. The second-order valence-electron chi connectivity index (χ2n) is 4.02. The maximum Gasteiger partial charge on any atom is 0.0594 e. The van der Waals surface area contributed by atoms with Crippen LogP contribution in [0.15, 0.2) is 0 Å².